The van der Waals surface area contributed by atoms with E-state index in [1.807, 2.05) is 47.3 Å². The molecule has 0 spiro atoms. The minimum absolute atomic E-state index is 0.0793. The first-order valence-electron chi connectivity index (χ1n) is 8.45. The number of carbonyl (C=O) groups is 1. The smallest absolute Gasteiger partial charge is 0.237 e. The molecule has 3 N–H and O–H groups in total. The Labute approximate surface area is 142 Å². The number of hydrogen-bond acceptors (Lipinski definition) is 4. The zero-order chi connectivity index (χ0) is 16.8. The van der Waals surface area contributed by atoms with Crippen molar-refractivity contribution in [3.63, 3.8) is 0 Å². The van der Waals surface area contributed by atoms with E-state index in [1.165, 1.54) is 0 Å². The van der Waals surface area contributed by atoms with Crippen LogP contribution in [0.3, 0.4) is 0 Å². The zero-order valence-electron chi connectivity index (χ0n) is 13.7. The maximum Gasteiger partial charge on any atom is 0.237 e. The van der Waals surface area contributed by atoms with E-state index in [0.29, 0.717) is 26.2 Å². The lowest BCUT2D eigenvalue weighted by Gasteiger charge is -2.26. The third-order valence-corrected chi connectivity index (χ3v) is 4.42. The van der Waals surface area contributed by atoms with E-state index >= 15 is 0 Å². The van der Waals surface area contributed by atoms with Gasteiger partial charge >= 0.3 is 0 Å². The van der Waals surface area contributed by atoms with Crippen LogP contribution >= 0.6 is 0 Å². The van der Waals surface area contributed by atoms with E-state index in [0.717, 1.165) is 24.2 Å². The van der Waals surface area contributed by atoms with Crippen LogP contribution in [0.5, 0.6) is 0 Å². The number of hydrogen-bond donors (Lipinski definition) is 2. The highest BCUT2D eigenvalue weighted by Gasteiger charge is 2.26. The fourth-order valence-electron chi connectivity index (χ4n) is 2.94. The second kappa shape index (κ2) is 8.08. The first kappa shape index (κ1) is 16.7. The molecule has 1 saturated heterocycles. The molecule has 24 heavy (non-hydrogen) atoms. The number of ether oxygens (including phenoxy) is 1. The van der Waals surface area contributed by atoms with Crippen molar-refractivity contribution >= 4 is 5.91 Å². The summed E-state index contributed by atoms with van der Waals surface area (Å²) in [7, 11) is 0. The quantitative estimate of drug-likeness (QED) is 0.837. The molecule has 3 rings (SSSR count). The van der Waals surface area contributed by atoms with E-state index in [1.54, 1.807) is 0 Å². The molecule has 1 unspecified atom stereocenters. The van der Waals surface area contributed by atoms with Crippen LogP contribution in [-0.2, 0) is 16.0 Å². The maximum absolute atomic E-state index is 12.2. The van der Waals surface area contributed by atoms with Gasteiger partial charge in [0.05, 0.1) is 17.4 Å². The van der Waals surface area contributed by atoms with Crippen LogP contribution < -0.4 is 11.1 Å². The average Bonchev–Trinajstić information content (AvgIpc) is 3.11. The lowest BCUT2D eigenvalue weighted by molar-refractivity contribution is -0.124. The Kier molecular flexibility index (Phi) is 5.61. The highest BCUT2D eigenvalue weighted by molar-refractivity contribution is 5.81. The second-order valence-corrected chi connectivity index (χ2v) is 6.10. The van der Waals surface area contributed by atoms with Crippen LogP contribution in [0.25, 0.3) is 5.69 Å². The van der Waals surface area contributed by atoms with Gasteiger partial charge in [0, 0.05) is 32.4 Å². The summed E-state index contributed by atoms with van der Waals surface area (Å²) >= 11 is 0. The van der Waals surface area contributed by atoms with Crippen LogP contribution in [0.15, 0.2) is 42.6 Å². The normalized spacial score (nSPS) is 16.7. The van der Waals surface area contributed by atoms with Crippen molar-refractivity contribution in [3.05, 3.63) is 48.3 Å². The molecule has 0 saturated carbocycles. The molecule has 6 nitrogen and oxygen atoms in total. The van der Waals surface area contributed by atoms with E-state index < -0.39 is 6.04 Å². The number of amides is 1. The molecule has 1 aromatic heterocycles. The fraction of sp³-hybridized carbons (Fsp3) is 0.444. The van der Waals surface area contributed by atoms with E-state index in [-0.39, 0.29) is 11.8 Å². The van der Waals surface area contributed by atoms with Gasteiger partial charge in [0.15, 0.2) is 0 Å². The molecule has 1 fully saturated rings. The minimum Gasteiger partial charge on any atom is -0.381 e. The van der Waals surface area contributed by atoms with Gasteiger partial charge in [-0.25, -0.2) is 4.68 Å². The van der Waals surface area contributed by atoms with Gasteiger partial charge in [-0.05, 0) is 37.0 Å². The molecule has 128 valence electrons. The number of nitrogens with two attached hydrogens (primary N) is 1. The SMILES string of the molecule is NC(C(=O)NCCc1ccn(-c2ccccc2)n1)C1CCOCC1. The molecule has 6 heteroatoms. The Morgan fingerprint density at radius 2 is 2.04 bits per heavy atom. The van der Waals surface area contributed by atoms with E-state index in [2.05, 4.69) is 10.4 Å². The van der Waals surface area contributed by atoms with Crippen LogP contribution in [-0.4, -0.2) is 41.5 Å². The molecule has 0 aliphatic carbocycles. The van der Waals surface area contributed by atoms with Crippen molar-refractivity contribution in [1.82, 2.24) is 15.1 Å². The number of aromatic nitrogens is 2. The Hall–Kier alpha value is -2.18. The number of rotatable bonds is 6. The third kappa shape index (κ3) is 4.21. The minimum atomic E-state index is -0.448. The Balaban J connectivity index is 1.46. The van der Waals surface area contributed by atoms with Crippen molar-refractivity contribution in [3.8, 4) is 5.69 Å². The fourth-order valence-corrected chi connectivity index (χ4v) is 2.94. The first-order valence-corrected chi connectivity index (χ1v) is 8.45. The molecule has 1 atom stereocenters. The Morgan fingerprint density at radius 3 is 2.79 bits per heavy atom. The van der Waals surface area contributed by atoms with Crippen LogP contribution in [0, 0.1) is 5.92 Å². The molecule has 1 amide bonds. The summed E-state index contributed by atoms with van der Waals surface area (Å²) < 4.78 is 7.15. The number of carbonyl (C=O) groups excluding carboxylic acids is 1. The van der Waals surface area contributed by atoms with Crippen molar-refractivity contribution in [2.24, 2.45) is 11.7 Å². The summed E-state index contributed by atoms with van der Waals surface area (Å²) in [6, 6.07) is 11.5. The van der Waals surface area contributed by atoms with Crippen molar-refractivity contribution in [2.45, 2.75) is 25.3 Å². The summed E-state index contributed by atoms with van der Waals surface area (Å²) in [5, 5.41) is 7.45. The molecule has 1 aliphatic heterocycles. The van der Waals surface area contributed by atoms with Crippen LogP contribution in [0.1, 0.15) is 18.5 Å². The van der Waals surface area contributed by atoms with Gasteiger partial charge in [0.25, 0.3) is 0 Å². The van der Waals surface area contributed by atoms with Gasteiger partial charge < -0.3 is 15.8 Å². The highest BCUT2D eigenvalue weighted by Crippen LogP contribution is 2.17. The number of benzene rings is 1. The molecule has 0 bridgehead atoms. The van der Waals surface area contributed by atoms with Gasteiger partial charge in [0.1, 0.15) is 0 Å². The molecular weight excluding hydrogens is 304 g/mol. The van der Waals surface area contributed by atoms with Gasteiger partial charge in [-0.1, -0.05) is 18.2 Å². The highest BCUT2D eigenvalue weighted by atomic mass is 16.5. The summed E-state index contributed by atoms with van der Waals surface area (Å²) in [6.07, 6.45) is 4.33. The van der Waals surface area contributed by atoms with Gasteiger partial charge in [-0.2, -0.15) is 5.10 Å². The maximum atomic E-state index is 12.2. The molecule has 2 heterocycles. The first-order chi connectivity index (χ1) is 11.7. The van der Waals surface area contributed by atoms with Crippen LogP contribution in [0.4, 0.5) is 0 Å². The zero-order valence-corrected chi connectivity index (χ0v) is 13.7. The lowest BCUT2D eigenvalue weighted by atomic mass is 9.92. The number of nitrogens with one attached hydrogen (secondary N) is 1. The number of nitrogens with zero attached hydrogens (tertiary/aromatic N) is 2. The summed E-state index contributed by atoms with van der Waals surface area (Å²) in [5.74, 6) is 0.139. The summed E-state index contributed by atoms with van der Waals surface area (Å²) in [6.45, 7) is 1.94. The standard InChI is InChI=1S/C18H24N4O2/c19-17(14-8-12-24-13-9-14)18(23)20-10-6-15-7-11-22(21-15)16-4-2-1-3-5-16/h1-5,7,11,14,17H,6,8-10,12-13,19H2,(H,20,23). The predicted octanol–water partition coefficient (Wildman–Crippen LogP) is 1.28. The number of para-hydroxylation sites is 1. The van der Waals surface area contributed by atoms with E-state index in [4.69, 9.17) is 10.5 Å². The second-order valence-electron chi connectivity index (χ2n) is 6.10. The molecule has 0 radical (unpaired) electrons. The largest absolute Gasteiger partial charge is 0.381 e. The van der Waals surface area contributed by atoms with Crippen LogP contribution in [0.2, 0.25) is 0 Å². The topological polar surface area (TPSA) is 82.2 Å². The molecule has 2 aromatic rings. The average molecular weight is 328 g/mol. The molecule has 1 aliphatic rings. The Morgan fingerprint density at radius 1 is 1.29 bits per heavy atom. The summed E-state index contributed by atoms with van der Waals surface area (Å²) in [4.78, 5) is 12.2. The van der Waals surface area contributed by atoms with Crippen molar-refractivity contribution < 1.29 is 9.53 Å². The van der Waals surface area contributed by atoms with Gasteiger partial charge in [0.2, 0.25) is 5.91 Å². The molecule has 1 aromatic carbocycles. The van der Waals surface area contributed by atoms with Crippen molar-refractivity contribution in [1.29, 1.82) is 0 Å². The third-order valence-electron chi connectivity index (χ3n) is 4.42. The monoisotopic (exact) mass is 328 g/mol. The Bertz CT molecular complexity index is 650. The van der Waals surface area contributed by atoms with Gasteiger partial charge in [-0.15, -0.1) is 0 Å². The predicted molar refractivity (Wildman–Crippen MR) is 91.8 cm³/mol. The van der Waals surface area contributed by atoms with Gasteiger partial charge in [-0.3, -0.25) is 4.79 Å². The lowest BCUT2D eigenvalue weighted by Crippen LogP contribution is -2.47. The molecular formula is C18H24N4O2. The summed E-state index contributed by atoms with van der Waals surface area (Å²) in [5.41, 5.74) is 8.03. The van der Waals surface area contributed by atoms with E-state index in [9.17, 15) is 4.79 Å². The van der Waals surface area contributed by atoms with Crippen molar-refractivity contribution in [2.75, 3.05) is 19.8 Å².